The molecule has 0 saturated carbocycles. The summed E-state index contributed by atoms with van der Waals surface area (Å²) in [6.45, 7) is 2.09. The highest BCUT2D eigenvalue weighted by Crippen LogP contribution is 2.36. The van der Waals surface area contributed by atoms with Crippen LogP contribution in [0.25, 0.3) is 0 Å². The van der Waals surface area contributed by atoms with Gasteiger partial charge in [0.05, 0.1) is 0 Å². The second kappa shape index (κ2) is 8.52. The zero-order valence-electron chi connectivity index (χ0n) is 12.5. The van der Waals surface area contributed by atoms with Crippen LogP contribution in [0.2, 0.25) is 5.02 Å². The Balaban J connectivity index is 2.09. The van der Waals surface area contributed by atoms with E-state index in [2.05, 4.69) is 11.8 Å². The first-order chi connectivity index (χ1) is 11.1. The molecule has 0 aliphatic heterocycles. The van der Waals surface area contributed by atoms with Gasteiger partial charge in [-0.15, -0.1) is 17.7 Å². The number of carboxylic acids is 1. The van der Waals surface area contributed by atoms with Crippen molar-refractivity contribution in [2.24, 2.45) is 0 Å². The van der Waals surface area contributed by atoms with Crippen molar-refractivity contribution in [1.29, 1.82) is 0 Å². The molecule has 0 bridgehead atoms. The molecule has 5 heteroatoms. The molecule has 118 valence electrons. The average Bonchev–Trinajstić information content (AvgIpc) is 2.55. The summed E-state index contributed by atoms with van der Waals surface area (Å²) in [6, 6.07) is 14.1. The maximum atomic E-state index is 11.5. The van der Waals surface area contributed by atoms with Gasteiger partial charge in [0.25, 0.3) is 0 Å². The number of benzene rings is 2. The van der Waals surface area contributed by atoms with Gasteiger partial charge in [-0.05, 0) is 48.9 Å². The van der Waals surface area contributed by atoms with Gasteiger partial charge in [0.2, 0.25) is 0 Å². The summed E-state index contributed by atoms with van der Waals surface area (Å²) in [6.07, 6.45) is 0. The van der Waals surface area contributed by atoms with Crippen molar-refractivity contribution in [3.8, 4) is 17.6 Å². The van der Waals surface area contributed by atoms with E-state index in [1.54, 1.807) is 43.3 Å². The number of ether oxygens (including phenoxy) is 1. The monoisotopic (exact) mass is 346 g/mol. The largest absolute Gasteiger partial charge is 0.481 e. The Morgan fingerprint density at radius 2 is 1.87 bits per heavy atom. The summed E-state index contributed by atoms with van der Waals surface area (Å²) in [7, 11) is 0. The van der Waals surface area contributed by atoms with E-state index in [1.165, 1.54) is 11.8 Å². The average molecular weight is 347 g/mol. The molecule has 0 radical (unpaired) electrons. The molecule has 2 aromatic rings. The molecule has 1 N–H and O–H groups in total. The summed E-state index contributed by atoms with van der Waals surface area (Å²) >= 11 is 7.11. The van der Waals surface area contributed by atoms with Crippen LogP contribution in [0.1, 0.15) is 17.7 Å². The van der Waals surface area contributed by atoms with Crippen LogP contribution in [0.15, 0.2) is 53.4 Å². The lowest BCUT2D eigenvalue weighted by molar-refractivity contribution is -0.136. The third-order valence-electron chi connectivity index (χ3n) is 2.96. The fraction of sp³-hybridized carbons (Fsp3) is 0.167. The smallest absolute Gasteiger partial charge is 0.321 e. The quantitative estimate of drug-likeness (QED) is 0.610. The van der Waals surface area contributed by atoms with E-state index in [4.69, 9.17) is 16.3 Å². The Morgan fingerprint density at radius 1 is 1.22 bits per heavy atom. The molecular weight excluding hydrogens is 332 g/mol. The van der Waals surface area contributed by atoms with Crippen LogP contribution in [0, 0.1) is 11.8 Å². The number of hydrogen-bond donors (Lipinski definition) is 1. The highest BCUT2D eigenvalue weighted by atomic mass is 35.5. The Bertz CT molecular complexity index is 715. The number of halogens is 1. The number of thioether (sulfide) groups is 1. The van der Waals surface area contributed by atoms with E-state index in [0.717, 1.165) is 4.90 Å². The van der Waals surface area contributed by atoms with Crippen LogP contribution in [0.4, 0.5) is 0 Å². The van der Waals surface area contributed by atoms with Crippen LogP contribution in [-0.4, -0.2) is 17.7 Å². The first-order valence-corrected chi connectivity index (χ1v) is 8.13. The van der Waals surface area contributed by atoms with E-state index in [0.29, 0.717) is 22.9 Å². The van der Waals surface area contributed by atoms with Crippen molar-refractivity contribution in [1.82, 2.24) is 0 Å². The molecule has 0 aliphatic carbocycles. The van der Waals surface area contributed by atoms with E-state index >= 15 is 0 Å². The molecule has 0 saturated heterocycles. The molecule has 3 nitrogen and oxygen atoms in total. The molecule has 0 heterocycles. The van der Waals surface area contributed by atoms with Gasteiger partial charge in [-0.1, -0.05) is 29.7 Å². The SMILES string of the molecule is CC#CCOc1ccc(SC(C(=O)O)c2ccc(Cl)cc2)cc1. The van der Waals surface area contributed by atoms with Gasteiger partial charge >= 0.3 is 5.97 Å². The number of aliphatic carboxylic acids is 1. The van der Waals surface area contributed by atoms with Crippen LogP contribution in [-0.2, 0) is 4.79 Å². The Labute approximate surface area is 144 Å². The number of carboxylic acid groups (broad SMARTS) is 1. The van der Waals surface area contributed by atoms with Crippen LogP contribution >= 0.6 is 23.4 Å². The maximum absolute atomic E-state index is 11.5. The summed E-state index contributed by atoms with van der Waals surface area (Å²) < 4.78 is 5.44. The van der Waals surface area contributed by atoms with E-state index in [-0.39, 0.29) is 0 Å². The lowest BCUT2D eigenvalue weighted by Gasteiger charge is -2.13. The highest BCUT2D eigenvalue weighted by molar-refractivity contribution is 8.00. The fourth-order valence-corrected chi connectivity index (χ4v) is 2.93. The molecule has 0 fully saturated rings. The van der Waals surface area contributed by atoms with Gasteiger partial charge in [0, 0.05) is 9.92 Å². The fourth-order valence-electron chi connectivity index (χ4n) is 1.84. The topological polar surface area (TPSA) is 46.5 Å². The van der Waals surface area contributed by atoms with Crippen LogP contribution in [0.3, 0.4) is 0 Å². The zero-order valence-corrected chi connectivity index (χ0v) is 14.0. The lowest BCUT2D eigenvalue weighted by Crippen LogP contribution is -2.07. The summed E-state index contributed by atoms with van der Waals surface area (Å²) in [5, 5.41) is 9.35. The molecule has 0 aliphatic rings. The Kier molecular flexibility index (Phi) is 6.40. The van der Waals surface area contributed by atoms with E-state index < -0.39 is 11.2 Å². The molecule has 23 heavy (non-hydrogen) atoms. The molecule has 2 aromatic carbocycles. The van der Waals surface area contributed by atoms with Crippen molar-refractivity contribution in [3.63, 3.8) is 0 Å². The van der Waals surface area contributed by atoms with Crippen molar-refractivity contribution >= 4 is 29.3 Å². The van der Waals surface area contributed by atoms with Gasteiger partial charge in [0.15, 0.2) is 0 Å². The van der Waals surface area contributed by atoms with Crippen molar-refractivity contribution < 1.29 is 14.6 Å². The van der Waals surface area contributed by atoms with Gasteiger partial charge in [0.1, 0.15) is 17.6 Å². The first-order valence-electron chi connectivity index (χ1n) is 6.87. The van der Waals surface area contributed by atoms with Crippen LogP contribution < -0.4 is 4.74 Å². The number of carbonyl (C=O) groups is 1. The van der Waals surface area contributed by atoms with Gasteiger partial charge < -0.3 is 9.84 Å². The minimum atomic E-state index is -0.893. The second-order valence-electron chi connectivity index (χ2n) is 4.57. The maximum Gasteiger partial charge on any atom is 0.321 e. The molecule has 0 spiro atoms. The van der Waals surface area contributed by atoms with Crippen molar-refractivity contribution in [2.75, 3.05) is 6.61 Å². The second-order valence-corrected chi connectivity index (χ2v) is 6.19. The summed E-state index contributed by atoms with van der Waals surface area (Å²) in [4.78, 5) is 12.4. The summed E-state index contributed by atoms with van der Waals surface area (Å²) in [5.41, 5.74) is 0.699. The molecule has 0 amide bonds. The standard InChI is InChI=1S/C18H15ClO3S/c1-2-3-12-22-15-8-10-16(11-9-15)23-17(18(20)21)13-4-6-14(19)7-5-13/h4-11,17H,12H2,1H3,(H,20,21). The number of rotatable bonds is 6. The highest BCUT2D eigenvalue weighted by Gasteiger charge is 2.21. The normalized spacial score (nSPS) is 11.2. The third-order valence-corrected chi connectivity index (χ3v) is 4.47. The Hall–Kier alpha value is -2.09. The summed E-state index contributed by atoms with van der Waals surface area (Å²) in [5.74, 6) is 5.39. The van der Waals surface area contributed by atoms with Gasteiger partial charge in [-0.2, -0.15) is 0 Å². The van der Waals surface area contributed by atoms with Crippen molar-refractivity contribution in [2.45, 2.75) is 17.1 Å². The molecule has 1 atom stereocenters. The molecule has 2 rings (SSSR count). The minimum Gasteiger partial charge on any atom is -0.481 e. The molecular formula is C18H15ClO3S. The third kappa shape index (κ3) is 5.24. The van der Waals surface area contributed by atoms with Gasteiger partial charge in [-0.3, -0.25) is 4.79 Å². The first kappa shape index (κ1) is 17.3. The minimum absolute atomic E-state index is 0.339. The van der Waals surface area contributed by atoms with E-state index in [9.17, 15) is 9.90 Å². The Morgan fingerprint density at radius 3 is 2.43 bits per heavy atom. The lowest BCUT2D eigenvalue weighted by atomic mass is 10.1. The van der Waals surface area contributed by atoms with E-state index in [1.807, 2.05) is 12.1 Å². The number of hydrogen-bond acceptors (Lipinski definition) is 3. The van der Waals surface area contributed by atoms with Gasteiger partial charge in [-0.25, -0.2) is 0 Å². The predicted molar refractivity (Wildman–Crippen MR) is 93.1 cm³/mol. The molecule has 0 aromatic heterocycles. The van der Waals surface area contributed by atoms with Crippen LogP contribution in [0.5, 0.6) is 5.75 Å². The molecule has 1 unspecified atom stereocenters. The van der Waals surface area contributed by atoms with Crippen molar-refractivity contribution in [3.05, 3.63) is 59.1 Å². The predicted octanol–water partition coefficient (Wildman–Crippen LogP) is 4.66. The zero-order chi connectivity index (χ0) is 16.7.